The zero-order chi connectivity index (χ0) is 15.0. The molecule has 1 fully saturated rings. The van der Waals surface area contributed by atoms with Crippen molar-refractivity contribution in [1.82, 2.24) is 9.97 Å². The van der Waals surface area contributed by atoms with Crippen LogP contribution in [0.2, 0.25) is 0 Å². The van der Waals surface area contributed by atoms with Gasteiger partial charge in [-0.2, -0.15) is 13.2 Å². The van der Waals surface area contributed by atoms with Gasteiger partial charge in [0, 0.05) is 5.92 Å². The third-order valence-corrected chi connectivity index (χ3v) is 4.50. The topological polar surface area (TPSA) is 28.7 Å². The highest BCUT2D eigenvalue weighted by molar-refractivity contribution is 5.76. The van der Waals surface area contributed by atoms with Crippen LogP contribution in [0.4, 0.5) is 13.2 Å². The van der Waals surface area contributed by atoms with Crippen molar-refractivity contribution in [3.05, 3.63) is 29.6 Å². The highest BCUT2D eigenvalue weighted by Gasteiger charge is 2.42. The first-order chi connectivity index (χ1) is 9.97. The van der Waals surface area contributed by atoms with Crippen molar-refractivity contribution < 1.29 is 13.2 Å². The van der Waals surface area contributed by atoms with Crippen molar-refractivity contribution in [1.29, 1.82) is 0 Å². The Morgan fingerprint density at radius 3 is 2.81 bits per heavy atom. The summed E-state index contributed by atoms with van der Waals surface area (Å²) in [7, 11) is 0. The van der Waals surface area contributed by atoms with Crippen molar-refractivity contribution in [2.45, 2.75) is 51.1 Å². The van der Waals surface area contributed by atoms with Gasteiger partial charge in [-0.05, 0) is 43.4 Å². The van der Waals surface area contributed by atoms with Gasteiger partial charge in [0.05, 0.1) is 17.0 Å². The number of nitrogens with zero attached hydrogens (tertiary/aromatic N) is 1. The molecule has 1 saturated carbocycles. The fourth-order valence-electron chi connectivity index (χ4n) is 3.23. The Hall–Kier alpha value is -1.52. The molecular weight excluding hydrogens is 277 g/mol. The molecule has 0 amide bonds. The van der Waals surface area contributed by atoms with Gasteiger partial charge in [0.25, 0.3) is 0 Å². The number of hydrogen-bond acceptors (Lipinski definition) is 1. The molecule has 0 bridgehead atoms. The molecule has 1 aromatic heterocycles. The summed E-state index contributed by atoms with van der Waals surface area (Å²) in [6, 6.07) is 6.00. The van der Waals surface area contributed by atoms with Gasteiger partial charge >= 0.3 is 6.18 Å². The Bertz CT molecular complexity index is 630. The summed E-state index contributed by atoms with van der Waals surface area (Å²) in [6.07, 6.45) is -1.34. The van der Waals surface area contributed by atoms with Crippen molar-refractivity contribution in [2.75, 3.05) is 0 Å². The Morgan fingerprint density at radius 2 is 2.10 bits per heavy atom. The predicted molar refractivity (Wildman–Crippen MR) is 76.2 cm³/mol. The minimum atomic E-state index is -4.08. The summed E-state index contributed by atoms with van der Waals surface area (Å²) in [5.41, 5.74) is 2.98. The number of aryl methyl sites for hydroxylation is 1. The van der Waals surface area contributed by atoms with Gasteiger partial charge < -0.3 is 4.98 Å². The third kappa shape index (κ3) is 2.92. The fraction of sp³-hybridized carbons (Fsp3) is 0.562. The minimum Gasteiger partial charge on any atom is -0.342 e. The largest absolute Gasteiger partial charge is 0.391 e. The van der Waals surface area contributed by atoms with Crippen molar-refractivity contribution in [3.8, 4) is 0 Å². The van der Waals surface area contributed by atoms with Gasteiger partial charge in [0.2, 0.25) is 0 Å². The molecule has 2 aromatic rings. The zero-order valence-electron chi connectivity index (χ0n) is 12.0. The third-order valence-electron chi connectivity index (χ3n) is 4.50. The maximum absolute atomic E-state index is 12.9. The zero-order valence-corrected chi connectivity index (χ0v) is 12.0. The van der Waals surface area contributed by atoms with E-state index in [0.29, 0.717) is 12.2 Å². The average Bonchev–Trinajstić information content (AvgIpc) is 2.89. The number of aromatic amines is 1. The SMILES string of the molecule is CCc1ccc2nc(C3CCCC(C(F)(F)F)C3)[nH]c2c1. The van der Waals surface area contributed by atoms with E-state index in [1.165, 1.54) is 5.56 Å². The normalized spacial score (nSPS) is 23.6. The molecule has 1 N–H and O–H groups in total. The van der Waals surface area contributed by atoms with Crippen LogP contribution < -0.4 is 0 Å². The highest BCUT2D eigenvalue weighted by atomic mass is 19.4. The van der Waals surface area contributed by atoms with E-state index >= 15 is 0 Å². The van der Waals surface area contributed by atoms with E-state index in [4.69, 9.17) is 0 Å². The molecule has 114 valence electrons. The van der Waals surface area contributed by atoms with Crippen LogP contribution in [0.15, 0.2) is 18.2 Å². The lowest BCUT2D eigenvalue weighted by molar-refractivity contribution is -0.183. The number of fused-ring (bicyclic) bond motifs is 1. The second kappa shape index (κ2) is 5.35. The number of hydrogen-bond donors (Lipinski definition) is 1. The lowest BCUT2D eigenvalue weighted by atomic mass is 9.80. The number of H-pyrrole nitrogens is 1. The van der Waals surface area contributed by atoms with Crippen LogP contribution in [0.5, 0.6) is 0 Å². The van der Waals surface area contributed by atoms with Gasteiger partial charge in [-0.1, -0.05) is 19.4 Å². The number of halogens is 3. The quantitative estimate of drug-likeness (QED) is 0.833. The van der Waals surface area contributed by atoms with Crippen LogP contribution in [-0.2, 0) is 6.42 Å². The molecule has 2 unspecified atom stereocenters. The minimum absolute atomic E-state index is 0.108. The van der Waals surface area contributed by atoms with Crippen LogP contribution in [0.1, 0.15) is 49.9 Å². The lowest BCUT2D eigenvalue weighted by Gasteiger charge is -2.29. The van der Waals surface area contributed by atoms with Gasteiger partial charge in [0.1, 0.15) is 5.82 Å². The fourth-order valence-corrected chi connectivity index (χ4v) is 3.23. The Balaban J connectivity index is 1.86. The first-order valence-corrected chi connectivity index (χ1v) is 7.52. The smallest absolute Gasteiger partial charge is 0.342 e. The average molecular weight is 296 g/mol. The Kier molecular flexibility index (Phi) is 3.68. The standard InChI is InChI=1S/C16H19F3N2/c1-2-10-6-7-13-14(8-10)21-15(20-13)11-4-3-5-12(9-11)16(17,18)19/h6-8,11-12H,2-5,9H2,1H3,(H,20,21). The van der Waals surface area contributed by atoms with Crippen LogP contribution >= 0.6 is 0 Å². The molecule has 21 heavy (non-hydrogen) atoms. The van der Waals surface area contributed by atoms with E-state index in [0.717, 1.165) is 23.9 Å². The number of rotatable bonds is 2. The molecule has 1 aromatic carbocycles. The van der Waals surface area contributed by atoms with E-state index in [1.54, 1.807) is 0 Å². The van der Waals surface area contributed by atoms with Crippen molar-refractivity contribution >= 4 is 11.0 Å². The molecule has 3 rings (SSSR count). The van der Waals surface area contributed by atoms with Crippen LogP contribution in [0.25, 0.3) is 11.0 Å². The second-order valence-corrected chi connectivity index (χ2v) is 5.93. The Labute approximate surface area is 121 Å². The summed E-state index contributed by atoms with van der Waals surface area (Å²) in [6.45, 7) is 2.08. The van der Waals surface area contributed by atoms with Crippen molar-refractivity contribution in [2.24, 2.45) is 5.92 Å². The first kappa shape index (κ1) is 14.4. The van der Waals surface area contributed by atoms with Gasteiger partial charge in [0.15, 0.2) is 0 Å². The lowest BCUT2D eigenvalue weighted by Crippen LogP contribution is -2.28. The maximum Gasteiger partial charge on any atom is 0.391 e. The second-order valence-electron chi connectivity index (χ2n) is 5.93. The van der Waals surface area contributed by atoms with Crippen molar-refractivity contribution in [3.63, 3.8) is 0 Å². The molecular formula is C16H19F3N2. The van der Waals surface area contributed by atoms with Gasteiger partial charge in [-0.3, -0.25) is 0 Å². The monoisotopic (exact) mass is 296 g/mol. The molecule has 1 aliphatic carbocycles. The predicted octanol–water partition coefficient (Wildman–Crippen LogP) is 4.96. The van der Waals surface area contributed by atoms with E-state index in [2.05, 4.69) is 16.9 Å². The van der Waals surface area contributed by atoms with E-state index in [-0.39, 0.29) is 18.8 Å². The molecule has 0 aliphatic heterocycles. The summed E-state index contributed by atoms with van der Waals surface area (Å²) in [5.74, 6) is -0.578. The Morgan fingerprint density at radius 1 is 1.29 bits per heavy atom. The summed E-state index contributed by atoms with van der Waals surface area (Å²) >= 11 is 0. The molecule has 0 spiro atoms. The summed E-state index contributed by atoms with van der Waals surface area (Å²) < 4.78 is 38.7. The van der Waals surface area contributed by atoms with Crippen LogP contribution in [-0.4, -0.2) is 16.1 Å². The molecule has 0 saturated heterocycles. The van der Waals surface area contributed by atoms with E-state index in [1.807, 2.05) is 18.2 Å². The van der Waals surface area contributed by atoms with Gasteiger partial charge in [-0.15, -0.1) is 0 Å². The number of nitrogens with one attached hydrogen (secondary N) is 1. The number of imidazole rings is 1. The summed E-state index contributed by atoms with van der Waals surface area (Å²) in [5, 5.41) is 0. The van der Waals surface area contributed by atoms with E-state index in [9.17, 15) is 13.2 Å². The number of benzene rings is 1. The van der Waals surface area contributed by atoms with Crippen LogP contribution in [0.3, 0.4) is 0 Å². The number of aromatic nitrogens is 2. The number of alkyl halides is 3. The molecule has 1 heterocycles. The molecule has 1 aliphatic rings. The molecule has 5 heteroatoms. The van der Waals surface area contributed by atoms with Gasteiger partial charge in [-0.25, -0.2) is 4.98 Å². The van der Waals surface area contributed by atoms with Crippen LogP contribution in [0, 0.1) is 5.92 Å². The molecule has 2 nitrogen and oxygen atoms in total. The first-order valence-electron chi connectivity index (χ1n) is 7.52. The molecule has 2 atom stereocenters. The van der Waals surface area contributed by atoms with E-state index < -0.39 is 12.1 Å². The highest BCUT2D eigenvalue weighted by Crippen LogP contribution is 2.43. The maximum atomic E-state index is 12.9. The summed E-state index contributed by atoms with van der Waals surface area (Å²) in [4.78, 5) is 7.74. The molecule has 0 radical (unpaired) electrons.